The Labute approximate surface area is 155 Å². The normalized spacial score (nSPS) is 16.2. The Bertz CT molecular complexity index is 936. The Morgan fingerprint density at radius 1 is 1.04 bits per heavy atom. The van der Waals surface area contributed by atoms with Crippen LogP contribution in [-0.4, -0.2) is 48.7 Å². The molecule has 1 aliphatic rings. The second-order valence-electron chi connectivity index (χ2n) is 5.62. The van der Waals surface area contributed by atoms with E-state index in [4.69, 9.17) is 23.2 Å². The first-order valence-corrected chi connectivity index (χ1v) is 9.73. The van der Waals surface area contributed by atoms with Gasteiger partial charge in [0.2, 0.25) is 10.0 Å². The zero-order valence-electron chi connectivity index (χ0n) is 13.4. The Balaban J connectivity index is 1.77. The second kappa shape index (κ2) is 6.95. The fourth-order valence-electron chi connectivity index (χ4n) is 2.65. The van der Waals surface area contributed by atoms with Crippen LogP contribution in [0.3, 0.4) is 0 Å². The molecule has 3 rings (SSSR count). The predicted octanol–water partition coefficient (Wildman–Crippen LogP) is 1.60. The van der Waals surface area contributed by atoms with Crippen molar-refractivity contribution in [2.45, 2.75) is 4.90 Å². The van der Waals surface area contributed by atoms with Crippen molar-refractivity contribution in [3.8, 4) is 0 Å². The van der Waals surface area contributed by atoms with Crippen LogP contribution in [0.15, 0.2) is 40.2 Å². The van der Waals surface area contributed by atoms with E-state index >= 15 is 0 Å². The van der Waals surface area contributed by atoms with Gasteiger partial charge in [-0.1, -0.05) is 23.2 Å². The summed E-state index contributed by atoms with van der Waals surface area (Å²) in [5.74, 6) is 0. The molecule has 0 bridgehead atoms. The van der Waals surface area contributed by atoms with E-state index < -0.39 is 10.0 Å². The van der Waals surface area contributed by atoms with Crippen molar-refractivity contribution in [1.82, 2.24) is 14.1 Å². The van der Waals surface area contributed by atoms with E-state index in [1.165, 1.54) is 29.7 Å². The summed E-state index contributed by atoms with van der Waals surface area (Å²) < 4.78 is 27.9. The molecular weight excluding hydrogens is 387 g/mol. The van der Waals surface area contributed by atoms with Gasteiger partial charge in [0.25, 0.3) is 5.56 Å². The first-order valence-electron chi connectivity index (χ1n) is 7.53. The van der Waals surface area contributed by atoms with Crippen molar-refractivity contribution in [3.63, 3.8) is 0 Å². The molecule has 2 heterocycles. The third-order valence-corrected chi connectivity index (χ3v) is 6.61. The van der Waals surface area contributed by atoms with E-state index in [2.05, 4.69) is 5.10 Å². The second-order valence-corrected chi connectivity index (χ2v) is 8.37. The number of piperazine rings is 1. The number of rotatable bonds is 3. The first-order chi connectivity index (χ1) is 11.8. The first kappa shape index (κ1) is 18.2. The summed E-state index contributed by atoms with van der Waals surface area (Å²) in [6, 6.07) is 6.09. The van der Waals surface area contributed by atoms with Crippen LogP contribution in [0.5, 0.6) is 0 Å². The number of benzene rings is 1. The molecule has 0 aliphatic carbocycles. The molecule has 10 heteroatoms. The molecule has 0 spiro atoms. The van der Waals surface area contributed by atoms with Crippen LogP contribution in [0.1, 0.15) is 0 Å². The average Bonchev–Trinajstić information content (AvgIpc) is 2.60. The lowest BCUT2D eigenvalue weighted by atomic mass is 10.3. The van der Waals surface area contributed by atoms with Gasteiger partial charge in [0, 0.05) is 38.2 Å². The molecule has 1 aromatic carbocycles. The molecule has 1 fully saturated rings. The van der Waals surface area contributed by atoms with Crippen LogP contribution in [-0.2, 0) is 17.1 Å². The van der Waals surface area contributed by atoms with Gasteiger partial charge in [-0.05, 0) is 24.3 Å². The van der Waals surface area contributed by atoms with E-state index in [-0.39, 0.29) is 28.6 Å². The molecule has 25 heavy (non-hydrogen) atoms. The number of anilines is 1. The van der Waals surface area contributed by atoms with E-state index in [1.807, 2.05) is 4.90 Å². The highest BCUT2D eigenvalue weighted by Gasteiger charge is 2.29. The highest BCUT2D eigenvalue weighted by Crippen LogP contribution is 2.25. The van der Waals surface area contributed by atoms with Crippen molar-refractivity contribution in [1.29, 1.82) is 0 Å². The monoisotopic (exact) mass is 402 g/mol. The standard InChI is InChI=1S/C15H16Cl2N4O3S/c1-19-15(22)14(17)13(10-18-19)20-6-8-21(9-7-20)25(23,24)12-4-2-11(16)3-5-12/h2-5,10H,6-9H2,1H3. The number of nitrogens with zero attached hydrogens (tertiary/aromatic N) is 4. The van der Waals surface area contributed by atoms with Gasteiger partial charge in [-0.15, -0.1) is 0 Å². The van der Waals surface area contributed by atoms with Crippen molar-refractivity contribution < 1.29 is 8.42 Å². The predicted molar refractivity (Wildman–Crippen MR) is 96.9 cm³/mol. The van der Waals surface area contributed by atoms with Crippen molar-refractivity contribution >= 4 is 38.9 Å². The Morgan fingerprint density at radius 2 is 1.64 bits per heavy atom. The summed E-state index contributed by atoms with van der Waals surface area (Å²) in [6.07, 6.45) is 1.52. The Hall–Kier alpha value is -1.61. The lowest BCUT2D eigenvalue weighted by Crippen LogP contribution is -2.49. The maximum absolute atomic E-state index is 12.7. The molecule has 2 aromatic rings. The van der Waals surface area contributed by atoms with Crippen molar-refractivity contribution in [2.24, 2.45) is 7.05 Å². The molecular formula is C15H16Cl2N4O3S. The maximum Gasteiger partial charge on any atom is 0.287 e. The fourth-order valence-corrected chi connectivity index (χ4v) is 4.49. The molecule has 0 unspecified atom stereocenters. The van der Waals surface area contributed by atoms with E-state index in [0.717, 1.165) is 4.68 Å². The molecule has 0 amide bonds. The number of hydrogen-bond acceptors (Lipinski definition) is 5. The molecule has 134 valence electrons. The van der Waals surface area contributed by atoms with Crippen LogP contribution >= 0.6 is 23.2 Å². The fraction of sp³-hybridized carbons (Fsp3) is 0.333. The van der Waals surface area contributed by atoms with E-state index in [9.17, 15) is 13.2 Å². The Kier molecular flexibility index (Phi) is 5.06. The molecule has 1 aromatic heterocycles. The molecule has 0 N–H and O–H groups in total. The summed E-state index contributed by atoms with van der Waals surface area (Å²) in [5, 5.41) is 4.54. The molecule has 1 aliphatic heterocycles. The number of hydrogen-bond donors (Lipinski definition) is 0. The minimum Gasteiger partial charge on any atom is -0.366 e. The molecule has 1 saturated heterocycles. The molecule has 0 radical (unpaired) electrons. The minimum atomic E-state index is -3.58. The number of aromatic nitrogens is 2. The minimum absolute atomic E-state index is 0.0894. The highest BCUT2D eigenvalue weighted by molar-refractivity contribution is 7.89. The van der Waals surface area contributed by atoms with E-state index in [0.29, 0.717) is 23.8 Å². The molecule has 0 saturated carbocycles. The zero-order chi connectivity index (χ0) is 18.2. The van der Waals surface area contributed by atoms with Crippen molar-refractivity contribution in [3.05, 3.63) is 50.9 Å². The summed E-state index contributed by atoms with van der Waals surface area (Å²) in [5.41, 5.74) is 0.142. The maximum atomic E-state index is 12.7. The lowest BCUT2D eigenvalue weighted by molar-refractivity contribution is 0.384. The quantitative estimate of drug-likeness (QED) is 0.778. The largest absolute Gasteiger partial charge is 0.366 e. The van der Waals surface area contributed by atoms with Gasteiger partial charge in [-0.2, -0.15) is 9.40 Å². The van der Waals surface area contributed by atoms with Crippen LogP contribution in [0.25, 0.3) is 0 Å². The average molecular weight is 403 g/mol. The van der Waals surface area contributed by atoms with Gasteiger partial charge in [-0.3, -0.25) is 4.79 Å². The van der Waals surface area contributed by atoms with E-state index in [1.54, 1.807) is 12.1 Å². The number of sulfonamides is 1. The topological polar surface area (TPSA) is 75.5 Å². The lowest BCUT2D eigenvalue weighted by Gasteiger charge is -2.35. The summed E-state index contributed by atoms with van der Waals surface area (Å²) in [4.78, 5) is 14.0. The number of halogens is 2. The summed E-state index contributed by atoms with van der Waals surface area (Å²) >= 11 is 11.9. The summed E-state index contributed by atoms with van der Waals surface area (Å²) in [7, 11) is -2.05. The Morgan fingerprint density at radius 3 is 2.24 bits per heavy atom. The van der Waals surface area contributed by atoms with Crippen LogP contribution in [0, 0.1) is 0 Å². The van der Waals surface area contributed by atoms with Gasteiger partial charge in [0.1, 0.15) is 5.02 Å². The van der Waals surface area contributed by atoms with Gasteiger partial charge >= 0.3 is 0 Å². The molecule has 7 nitrogen and oxygen atoms in total. The third kappa shape index (κ3) is 3.52. The zero-order valence-corrected chi connectivity index (χ0v) is 15.7. The highest BCUT2D eigenvalue weighted by atomic mass is 35.5. The smallest absolute Gasteiger partial charge is 0.287 e. The van der Waals surface area contributed by atoms with Crippen LogP contribution in [0.4, 0.5) is 5.69 Å². The molecule has 0 atom stereocenters. The number of aryl methyl sites for hydroxylation is 1. The van der Waals surface area contributed by atoms with Crippen LogP contribution < -0.4 is 10.5 Å². The summed E-state index contributed by atoms with van der Waals surface area (Å²) in [6.45, 7) is 1.41. The third-order valence-electron chi connectivity index (χ3n) is 4.09. The van der Waals surface area contributed by atoms with Crippen LogP contribution in [0.2, 0.25) is 10.0 Å². The SMILES string of the molecule is Cn1ncc(N2CCN(S(=O)(=O)c3ccc(Cl)cc3)CC2)c(Cl)c1=O. The van der Waals surface area contributed by atoms with Gasteiger partial charge in [0.05, 0.1) is 16.8 Å². The van der Waals surface area contributed by atoms with Gasteiger partial charge < -0.3 is 4.90 Å². The van der Waals surface area contributed by atoms with Gasteiger partial charge in [0.15, 0.2) is 0 Å². The van der Waals surface area contributed by atoms with Gasteiger partial charge in [-0.25, -0.2) is 13.1 Å². The van der Waals surface area contributed by atoms with Crippen molar-refractivity contribution in [2.75, 3.05) is 31.1 Å².